The van der Waals surface area contributed by atoms with Crippen molar-refractivity contribution in [3.05, 3.63) is 0 Å². The molecule has 94 valence electrons. The zero-order valence-corrected chi connectivity index (χ0v) is 10.4. The van der Waals surface area contributed by atoms with E-state index in [9.17, 15) is 4.79 Å². The first-order chi connectivity index (χ1) is 7.83. The molecule has 0 N–H and O–H groups in total. The average Bonchev–Trinajstić information content (AvgIpc) is 2.35. The molecule has 0 spiro atoms. The fourth-order valence-electron chi connectivity index (χ4n) is 2.25. The number of ether oxygens (including phenoxy) is 2. The first kappa shape index (κ1) is 13.3. The van der Waals surface area contributed by atoms with Gasteiger partial charge in [-0.1, -0.05) is 38.5 Å². The molecule has 0 aromatic heterocycles. The summed E-state index contributed by atoms with van der Waals surface area (Å²) in [7, 11) is 1.37. The maximum Gasteiger partial charge on any atom is 0.508 e. The molecule has 0 saturated heterocycles. The predicted octanol–water partition coefficient (Wildman–Crippen LogP) is 4.05. The largest absolute Gasteiger partial charge is 0.508 e. The third kappa shape index (κ3) is 5.99. The van der Waals surface area contributed by atoms with Gasteiger partial charge in [0.15, 0.2) is 0 Å². The molecule has 1 aliphatic carbocycles. The highest BCUT2D eigenvalue weighted by molar-refractivity contribution is 5.59. The van der Waals surface area contributed by atoms with Crippen LogP contribution in [0.1, 0.15) is 64.2 Å². The van der Waals surface area contributed by atoms with Crippen molar-refractivity contribution >= 4 is 6.16 Å². The smallest absolute Gasteiger partial charge is 0.438 e. The molecule has 0 bridgehead atoms. The maximum absolute atomic E-state index is 11.1. The van der Waals surface area contributed by atoms with Crippen LogP contribution in [0.4, 0.5) is 4.79 Å². The number of rotatable bonds is 1. The van der Waals surface area contributed by atoms with E-state index in [2.05, 4.69) is 4.74 Å². The molecule has 3 heteroatoms. The van der Waals surface area contributed by atoms with Crippen molar-refractivity contribution in [3.63, 3.8) is 0 Å². The van der Waals surface area contributed by atoms with Crippen LogP contribution in [0.25, 0.3) is 0 Å². The zero-order valence-electron chi connectivity index (χ0n) is 10.4. The Morgan fingerprint density at radius 2 is 1.31 bits per heavy atom. The summed E-state index contributed by atoms with van der Waals surface area (Å²) in [6, 6.07) is 0. The van der Waals surface area contributed by atoms with Gasteiger partial charge in [0.05, 0.1) is 7.11 Å². The van der Waals surface area contributed by atoms with Crippen LogP contribution in [0.15, 0.2) is 0 Å². The lowest BCUT2D eigenvalue weighted by molar-refractivity contribution is 0.0289. The first-order valence-corrected chi connectivity index (χ1v) is 6.57. The molecule has 1 fully saturated rings. The molecule has 0 radical (unpaired) electrons. The van der Waals surface area contributed by atoms with Crippen molar-refractivity contribution in [2.75, 3.05) is 7.11 Å². The molecule has 1 aliphatic rings. The Balaban J connectivity index is 2.30. The molecule has 0 aromatic rings. The molecule has 16 heavy (non-hydrogen) atoms. The summed E-state index contributed by atoms with van der Waals surface area (Å²) in [4.78, 5) is 11.1. The third-order valence-electron chi connectivity index (χ3n) is 3.23. The first-order valence-electron chi connectivity index (χ1n) is 6.57. The van der Waals surface area contributed by atoms with Crippen LogP contribution in [0, 0.1) is 0 Å². The van der Waals surface area contributed by atoms with Crippen molar-refractivity contribution in [2.45, 2.75) is 70.3 Å². The van der Waals surface area contributed by atoms with Crippen molar-refractivity contribution in [3.8, 4) is 0 Å². The summed E-state index contributed by atoms with van der Waals surface area (Å²) >= 11 is 0. The predicted molar refractivity (Wildman–Crippen MR) is 63.4 cm³/mol. The molecule has 1 saturated carbocycles. The number of hydrogen-bond donors (Lipinski definition) is 0. The number of carbonyl (C=O) groups is 1. The minimum Gasteiger partial charge on any atom is -0.438 e. The number of methoxy groups -OCH3 is 1. The van der Waals surface area contributed by atoms with Gasteiger partial charge in [0.2, 0.25) is 0 Å². The quantitative estimate of drug-likeness (QED) is 0.635. The number of carbonyl (C=O) groups excluding carboxylic acids is 1. The van der Waals surface area contributed by atoms with E-state index in [1.54, 1.807) is 0 Å². The molecule has 1 rings (SSSR count). The average molecular weight is 228 g/mol. The lowest BCUT2D eigenvalue weighted by Gasteiger charge is -2.16. The normalized spacial score (nSPS) is 20.8. The van der Waals surface area contributed by atoms with Crippen LogP contribution in [-0.4, -0.2) is 19.4 Å². The van der Waals surface area contributed by atoms with E-state index in [-0.39, 0.29) is 6.10 Å². The zero-order chi connectivity index (χ0) is 11.6. The SMILES string of the molecule is COC(=O)OC1CCCCCCCCCC1. The van der Waals surface area contributed by atoms with Crippen LogP contribution in [0.2, 0.25) is 0 Å². The van der Waals surface area contributed by atoms with Crippen LogP contribution < -0.4 is 0 Å². The van der Waals surface area contributed by atoms with Crippen LogP contribution in [0.3, 0.4) is 0 Å². The minimum atomic E-state index is -0.528. The van der Waals surface area contributed by atoms with E-state index in [0.29, 0.717) is 0 Å². The van der Waals surface area contributed by atoms with Crippen molar-refractivity contribution < 1.29 is 14.3 Å². The molecule has 0 amide bonds. The summed E-state index contributed by atoms with van der Waals surface area (Å²) in [6.45, 7) is 0. The molecule has 0 aliphatic heterocycles. The van der Waals surface area contributed by atoms with Crippen LogP contribution in [0.5, 0.6) is 0 Å². The van der Waals surface area contributed by atoms with Gasteiger partial charge >= 0.3 is 6.16 Å². The van der Waals surface area contributed by atoms with Gasteiger partial charge in [-0.05, 0) is 25.7 Å². The monoisotopic (exact) mass is 228 g/mol. The van der Waals surface area contributed by atoms with Gasteiger partial charge in [-0.25, -0.2) is 4.79 Å². The van der Waals surface area contributed by atoms with Gasteiger partial charge in [0, 0.05) is 0 Å². The summed E-state index contributed by atoms with van der Waals surface area (Å²) < 4.78 is 9.80. The Morgan fingerprint density at radius 1 is 0.875 bits per heavy atom. The Labute approximate surface area is 98.5 Å². The van der Waals surface area contributed by atoms with Crippen LogP contribution >= 0.6 is 0 Å². The van der Waals surface area contributed by atoms with E-state index in [1.807, 2.05) is 0 Å². The fourth-order valence-corrected chi connectivity index (χ4v) is 2.25. The summed E-state index contributed by atoms with van der Waals surface area (Å²) in [5.41, 5.74) is 0. The lowest BCUT2D eigenvalue weighted by atomic mass is 10.1. The summed E-state index contributed by atoms with van der Waals surface area (Å²) in [5.74, 6) is 0. The van der Waals surface area contributed by atoms with E-state index in [0.717, 1.165) is 12.8 Å². The Morgan fingerprint density at radius 3 is 1.75 bits per heavy atom. The van der Waals surface area contributed by atoms with E-state index in [1.165, 1.54) is 58.5 Å². The highest BCUT2D eigenvalue weighted by atomic mass is 16.7. The van der Waals surface area contributed by atoms with Gasteiger partial charge in [0.1, 0.15) is 6.10 Å². The van der Waals surface area contributed by atoms with Gasteiger partial charge < -0.3 is 9.47 Å². The second-order valence-electron chi connectivity index (χ2n) is 4.60. The molecule has 0 atom stereocenters. The van der Waals surface area contributed by atoms with Gasteiger partial charge in [-0.2, -0.15) is 0 Å². The minimum absolute atomic E-state index is 0.0746. The topological polar surface area (TPSA) is 35.5 Å². The molecule has 0 heterocycles. The third-order valence-corrected chi connectivity index (χ3v) is 3.23. The standard InChI is InChI=1S/C13H24O3/c1-15-13(14)16-12-10-8-6-4-2-3-5-7-9-11-12/h12H,2-11H2,1H3. The van der Waals surface area contributed by atoms with Crippen molar-refractivity contribution in [2.24, 2.45) is 0 Å². The van der Waals surface area contributed by atoms with Gasteiger partial charge in [0.25, 0.3) is 0 Å². The fraction of sp³-hybridized carbons (Fsp3) is 0.923. The second kappa shape index (κ2) is 8.43. The van der Waals surface area contributed by atoms with E-state index < -0.39 is 6.16 Å². The maximum atomic E-state index is 11.1. The highest BCUT2D eigenvalue weighted by Crippen LogP contribution is 2.19. The number of hydrogen-bond acceptors (Lipinski definition) is 3. The van der Waals surface area contributed by atoms with Crippen molar-refractivity contribution in [1.29, 1.82) is 0 Å². The molecule has 0 aromatic carbocycles. The lowest BCUT2D eigenvalue weighted by Crippen LogP contribution is -2.18. The van der Waals surface area contributed by atoms with Gasteiger partial charge in [-0.15, -0.1) is 0 Å². The van der Waals surface area contributed by atoms with E-state index >= 15 is 0 Å². The second-order valence-corrected chi connectivity index (χ2v) is 4.60. The Bertz CT molecular complexity index is 180. The van der Waals surface area contributed by atoms with E-state index in [4.69, 9.17) is 4.74 Å². The van der Waals surface area contributed by atoms with Crippen LogP contribution in [-0.2, 0) is 9.47 Å². The summed E-state index contributed by atoms with van der Waals surface area (Å²) in [6.07, 6.45) is 11.8. The molecular weight excluding hydrogens is 204 g/mol. The molecule has 3 nitrogen and oxygen atoms in total. The van der Waals surface area contributed by atoms with Gasteiger partial charge in [-0.3, -0.25) is 0 Å². The molecule has 0 unspecified atom stereocenters. The summed E-state index contributed by atoms with van der Waals surface area (Å²) in [5, 5.41) is 0. The molecular formula is C13H24O3. The Hall–Kier alpha value is -0.730. The Kier molecular flexibility index (Phi) is 7.02. The van der Waals surface area contributed by atoms with Crippen molar-refractivity contribution in [1.82, 2.24) is 0 Å². The highest BCUT2D eigenvalue weighted by Gasteiger charge is 2.14.